The van der Waals surface area contributed by atoms with Crippen LogP contribution in [0.25, 0.3) is 11.1 Å². The molecule has 0 unspecified atom stereocenters. The molecule has 1 aromatic carbocycles. The number of carbonyl (C=O) groups excluding carboxylic acids is 3. The van der Waals surface area contributed by atoms with Gasteiger partial charge in [-0.2, -0.15) is 0 Å². The lowest BCUT2D eigenvalue weighted by Gasteiger charge is -2.22. The van der Waals surface area contributed by atoms with Crippen molar-refractivity contribution in [1.29, 1.82) is 0 Å². The summed E-state index contributed by atoms with van der Waals surface area (Å²) in [5.74, 6) is -0.477. The first kappa shape index (κ1) is 22.6. The molecule has 1 heterocycles. The minimum atomic E-state index is -0.560. The van der Waals surface area contributed by atoms with Crippen LogP contribution in [-0.2, 0) is 19.1 Å². The van der Waals surface area contributed by atoms with Crippen molar-refractivity contribution in [3.05, 3.63) is 29.1 Å². The quantitative estimate of drug-likeness (QED) is 0.582. The molecule has 0 saturated heterocycles. The average Bonchev–Trinajstić information content (AvgIpc) is 3.14. The van der Waals surface area contributed by atoms with Crippen LogP contribution in [0, 0.1) is 5.92 Å². The first-order chi connectivity index (χ1) is 15.0. The Hall–Kier alpha value is -3.07. The largest absolute Gasteiger partial charge is 0.493 e. The molecule has 1 saturated carbocycles. The van der Waals surface area contributed by atoms with E-state index in [9.17, 15) is 14.4 Å². The number of hydrogen-bond donors (Lipinski definition) is 1. The Balaban J connectivity index is 1.82. The Morgan fingerprint density at radius 1 is 1.10 bits per heavy atom. The molecule has 1 amide bonds. The molecule has 0 spiro atoms. The van der Waals surface area contributed by atoms with Gasteiger partial charge in [0.15, 0.2) is 18.1 Å². The predicted molar refractivity (Wildman–Crippen MR) is 116 cm³/mol. The maximum Gasteiger partial charge on any atom is 0.341 e. The highest BCUT2D eigenvalue weighted by Crippen LogP contribution is 2.39. The summed E-state index contributed by atoms with van der Waals surface area (Å²) >= 11 is 1.19. The number of carbonyl (C=O) groups is 3. The summed E-state index contributed by atoms with van der Waals surface area (Å²) in [7, 11) is 3.07. The molecule has 9 heteroatoms. The fourth-order valence-electron chi connectivity index (χ4n) is 3.13. The molecule has 0 radical (unpaired) electrons. The van der Waals surface area contributed by atoms with Gasteiger partial charge in [-0.05, 0) is 37.5 Å². The fraction of sp³-hybridized carbons (Fsp3) is 0.409. The number of rotatable bonds is 9. The standard InChI is InChI=1S/C22H25NO7S/c1-4-29-22(26)19-15(14-8-9-16(27-2)17(10-14)28-3)12-31-20(19)23-18(24)11-30-21(25)13-6-5-7-13/h8-10,12-13H,4-7,11H2,1-3H3,(H,23,24). The number of ether oxygens (including phenoxy) is 4. The Morgan fingerprint density at radius 3 is 2.45 bits per heavy atom. The number of thiophene rings is 1. The molecule has 3 rings (SSSR count). The minimum absolute atomic E-state index is 0.110. The zero-order valence-electron chi connectivity index (χ0n) is 17.7. The molecule has 166 valence electrons. The van der Waals surface area contributed by atoms with Crippen LogP contribution < -0.4 is 14.8 Å². The van der Waals surface area contributed by atoms with Gasteiger partial charge in [-0.25, -0.2) is 4.79 Å². The van der Waals surface area contributed by atoms with Crippen LogP contribution in [0.3, 0.4) is 0 Å². The molecule has 0 atom stereocenters. The third kappa shape index (κ3) is 5.16. The summed E-state index contributed by atoms with van der Waals surface area (Å²) in [6.45, 7) is 1.49. The molecular weight excluding hydrogens is 422 g/mol. The Morgan fingerprint density at radius 2 is 1.84 bits per heavy atom. The topological polar surface area (TPSA) is 100 Å². The smallest absolute Gasteiger partial charge is 0.341 e. The number of amides is 1. The first-order valence-electron chi connectivity index (χ1n) is 9.96. The molecular formula is C22H25NO7S. The van der Waals surface area contributed by atoms with Crippen molar-refractivity contribution in [3.63, 3.8) is 0 Å². The van der Waals surface area contributed by atoms with Crippen LogP contribution in [0.4, 0.5) is 5.00 Å². The van der Waals surface area contributed by atoms with E-state index in [0.717, 1.165) is 19.3 Å². The van der Waals surface area contributed by atoms with Crippen molar-refractivity contribution in [1.82, 2.24) is 0 Å². The molecule has 2 aromatic rings. The highest BCUT2D eigenvalue weighted by Gasteiger charge is 2.28. The second-order valence-electron chi connectivity index (χ2n) is 6.93. The Kier molecular flexibility index (Phi) is 7.51. The van der Waals surface area contributed by atoms with Gasteiger partial charge in [0, 0.05) is 10.9 Å². The van der Waals surface area contributed by atoms with E-state index in [-0.39, 0.29) is 24.1 Å². The molecule has 1 N–H and O–H groups in total. The highest BCUT2D eigenvalue weighted by molar-refractivity contribution is 7.15. The van der Waals surface area contributed by atoms with Crippen molar-refractivity contribution in [2.75, 3.05) is 32.8 Å². The first-order valence-corrected chi connectivity index (χ1v) is 10.8. The summed E-state index contributed by atoms with van der Waals surface area (Å²) in [6, 6.07) is 5.27. The second kappa shape index (κ2) is 10.3. The number of anilines is 1. The molecule has 1 aliphatic carbocycles. The van der Waals surface area contributed by atoms with E-state index in [4.69, 9.17) is 18.9 Å². The van der Waals surface area contributed by atoms with Gasteiger partial charge < -0.3 is 24.3 Å². The van der Waals surface area contributed by atoms with Crippen LogP contribution in [0.15, 0.2) is 23.6 Å². The molecule has 1 fully saturated rings. The van der Waals surface area contributed by atoms with E-state index in [1.807, 2.05) is 0 Å². The molecule has 1 aliphatic rings. The van der Waals surface area contributed by atoms with E-state index in [1.54, 1.807) is 30.5 Å². The number of esters is 2. The van der Waals surface area contributed by atoms with Gasteiger partial charge in [0.25, 0.3) is 5.91 Å². The average molecular weight is 448 g/mol. The number of hydrogen-bond acceptors (Lipinski definition) is 8. The SMILES string of the molecule is CCOC(=O)c1c(-c2ccc(OC)c(OC)c2)csc1NC(=O)COC(=O)C1CCC1. The van der Waals surface area contributed by atoms with Gasteiger partial charge in [0.2, 0.25) is 0 Å². The molecule has 8 nitrogen and oxygen atoms in total. The number of nitrogens with one attached hydrogen (secondary N) is 1. The van der Waals surface area contributed by atoms with Gasteiger partial charge in [-0.15, -0.1) is 11.3 Å². The van der Waals surface area contributed by atoms with Gasteiger partial charge in [0.1, 0.15) is 10.6 Å². The number of methoxy groups -OCH3 is 2. The van der Waals surface area contributed by atoms with E-state index in [0.29, 0.717) is 27.6 Å². The van der Waals surface area contributed by atoms with E-state index in [2.05, 4.69) is 5.32 Å². The number of benzene rings is 1. The molecule has 0 aliphatic heterocycles. The highest BCUT2D eigenvalue weighted by atomic mass is 32.1. The summed E-state index contributed by atoms with van der Waals surface area (Å²) in [5, 5.41) is 4.75. The second-order valence-corrected chi connectivity index (χ2v) is 7.81. The summed E-state index contributed by atoms with van der Waals surface area (Å²) in [6.07, 6.45) is 2.60. The van der Waals surface area contributed by atoms with Crippen molar-refractivity contribution in [2.45, 2.75) is 26.2 Å². The van der Waals surface area contributed by atoms with Crippen LogP contribution in [0.5, 0.6) is 11.5 Å². The van der Waals surface area contributed by atoms with Gasteiger partial charge >= 0.3 is 11.9 Å². The summed E-state index contributed by atoms with van der Waals surface area (Å²) in [5.41, 5.74) is 1.53. The van der Waals surface area contributed by atoms with E-state index in [1.165, 1.54) is 25.6 Å². The van der Waals surface area contributed by atoms with Gasteiger partial charge in [-0.1, -0.05) is 12.5 Å². The summed E-state index contributed by atoms with van der Waals surface area (Å²) < 4.78 is 20.9. The van der Waals surface area contributed by atoms with Crippen molar-refractivity contribution in [3.8, 4) is 22.6 Å². The van der Waals surface area contributed by atoms with E-state index >= 15 is 0 Å². The van der Waals surface area contributed by atoms with Crippen molar-refractivity contribution < 1.29 is 33.3 Å². The third-order valence-electron chi connectivity index (χ3n) is 5.00. The fourth-order valence-corrected chi connectivity index (χ4v) is 4.11. The van der Waals surface area contributed by atoms with Crippen LogP contribution in [0.1, 0.15) is 36.5 Å². The van der Waals surface area contributed by atoms with Crippen LogP contribution in [-0.4, -0.2) is 45.3 Å². The minimum Gasteiger partial charge on any atom is -0.493 e. The van der Waals surface area contributed by atoms with Crippen molar-refractivity contribution in [2.24, 2.45) is 5.92 Å². The van der Waals surface area contributed by atoms with Crippen LogP contribution >= 0.6 is 11.3 Å². The van der Waals surface area contributed by atoms with E-state index < -0.39 is 18.5 Å². The monoisotopic (exact) mass is 447 g/mol. The normalized spacial score (nSPS) is 13.1. The lowest BCUT2D eigenvalue weighted by Crippen LogP contribution is -2.28. The lowest BCUT2D eigenvalue weighted by atomic mass is 9.86. The lowest BCUT2D eigenvalue weighted by molar-refractivity contribution is -0.154. The third-order valence-corrected chi connectivity index (χ3v) is 5.90. The zero-order chi connectivity index (χ0) is 22.4. The zero-order valence-corrected chi connectivity index (χ0v) is 18.5. The molecule has 31 heavy (non-hydrogen) atoms. The predicted octanol–water partition coefficient (Wildman–Crippen LogP) is 3.89. The van der Waals surface area contributed by atoms with Crippen LogP contribution in [0.2, 0.25) is 0 Å². The van der Waals surface area contributed by atoms with Crippen molar-refractivity contribution >= 4 is 34.2 Å². The maximum absolute atomic E-state index is 12.7. The molecule has 0 bridgehead atoms. The Bertz CT molecular complexity index is 965. The maximum atomic E-state index is 12.7. The Labute approximate surface area is 184 Å². The van der Waals surface area contributed by atoms with Gasteiger partial charge in [-0.3, -0.25) is 9.59 Å². The molecule has 1 aromatic heterocycles. The van der Waals surface area contributed by atoms with Gasteiger partial charge in [0.05, 0.1) is 26.7 Å². The summed E-state index contributed by atoms with van der Waals surface area (Å²) in [4.78, 5) is 36.9.